The van der Waals surface area contributed by atoms with E-state index < -0.39 is 22.1 Å². The van der Waals surface area contributed by atoms with Crippen LogP contribution in [0.3, 0.4) is 0 Å². The average Bonchev–Trinajstić information content (AvgIpc) is 3.29. The molecule has 2 N–H and O–H groups in total. The highest BCUT2D eigenvalue weighted by Crippen LogP contribution is 2.22. The van der Waals surface area contributed by atoms with Crippen LogP contribution in [0.4, 0.5) is 4.79 Å². The van der Waals surface area contributed by atoms with Gasteiger partial charge in [0.2, 0.25) is 0 Å². The third-order valence-corrected chi connectivity index (χ3v) is 6.98. The molecule has 1 atom stereocenters. The lowest BCUT2D eigenvalue weighted by Crippen LogP contribution is -2.42. The summed E-state index contributed by atoms with van der Waals surface area (Å²) in [4.78, 5) is 17.5. The van der Waals surface area contributed by atoms with E-state index in [9.17, 15) is 13.2 Å². The van der Waals surface area contributed by atoms with Crippen molar-refractivity contribution in [1.82, 2.24) is 19.6 Å². The molecular formula is C26H26N4O3S. The van der Waals surface area contributed by atoms with Gasteiger partial charge in [-0.3, -0.25) is 0 Å². The van der Waals surface area contributed by atoms with E-state index in [1.54, 1.807) is 31.3 Å². The second-order valence-corrected chi connectivity index (χ2v) is 9.73. The van der Waals surface area contributed by atoms with Gasteiger partial charge in [-0.1, -0.05) is 66.2 Å². The predicted octanol–water partition coefficient (Wildman–Crippen LogP) is 4.46. The number of imidazole rings is 1. The Morgan fingerprint density at radius 1 is 0.941 bits per heavy atom. The van der Waals surface area contributed by atoms with Crippen molar-refractivity contribution < 1.29 is 13.2 Å². The van der Waals surface area contributed by atoms with Crippen molar-refractivity contribution in [3.63, 3.8) is 0 Å². The fourth-order valence-corrected chi connectivity index (χ4v) is 4.94. The molecule has 4 rings (SSSR count). The number of benzene rings is 3. The molecule has 8 heteroatoms. The number of carbonyl (C=O) groups excluding carboxylic acids is 1. The quantitative estimate of drug-likeness (QED) is 0.414. The van der Waals surface area contributed by atoms with Crippen molar-refractivity contribution in [3.05, 3.63) is 114 Å². The molecule has 0 spiro atoms. The third kappa shape index (κ3) is 5.35. The summed E-state index contributed by atoms with van der Waals surface area (Å²) >= 11 is 0. The first-order valence-electron chi connectivity index (χ1n) is 10.9. The largest absolute Gasteiger partial charge is 0.329 e. The summed E-state index contributed by atoms with van der Waals surface area (Å²) in [7, 11) is -4.03. The lowest BCUT2D eigenvalue weighted by molar-refractivity contribution is 0.241. The number of aromatic nitrogens is 2. The molecule has 1 heterocycles. The van der Waals surface area contributed by atoms with Crippen LogP contribution in [0.1, 0.15) is 28.6 Å². The fourth-order valence-electron chi connectivity index (χ4n) is 3.78. The highest BCUT2D eigenvalue weighted by molar-refractivity contribution is 7.90. The first-order chi connectivity index (χ1) is 16.3. The van der Waals surface area contributed by atoms with Crippen LogP contribution >= 0.6 is 0 Å². The zero-order valence-electron chi connectivity index (χ0n) is 19.0. The molecule has 0 bridgehead atoms. The van der Waals surface area contributed by atoms with Crippen LogP contribution < -0.4 is 10.0 Å². The Balaban J connectivity index is 1.63. The minimum absolute atomic E-state index is 0.0610. The van der Waals surface area contributed by atoms with Crippen LogP contribution in [0.5, 0.6) is 0 Å². The number of nitrogens with one attached hydrogen (secondary N) is 2. The maximum Gasteiger partial charge on any atom is 0.329 e. The molecule has 3 aromatic carbocycles. The lowest BCUT2D eigenvalue weighted by Gasteiger charge is -2.21. The van der Waals surface area contributed by atoms with Gasteiger partial charge in [0.25, 0.3) is 10.0 Å². The molecule has 0 saturated heterocycles. The van der Waals surface area contributed by atoms with Crippen LogP contribution in [-0.2, 0) is 16.4 Å². The number of aryl methyl sites for hydroxylation is 2. The van der Waals surface area contributed by atoms with Crippen LogP contribution in [0.15, 0.2) is 96.2 Å². The first kappa shape index (κ1) is 23.3. The summed E-state index contributed by atoms with van der Waals surface area (Å²) in [5.74, 6) is 0.594. The summed E-state index contributed by atoms with van der Waals surface area (Å²) in [6, 6.07) is 22.7. The van der Waals surface area contributed by atoms with Gasteiger partial charge in [-0.15, -0.1) is 0 Å². The number of hydrogen-bond donors (Lipinski definition) is 2. The highest BCUT2D eigenvalue weighted by Gasteiger charge is 2.25. The number of hydrogen-bond acceptors (Lipinski definition) is 4. The number of nitrogens with zero attached hydrogens (tertiary/aromatic N) is 2. The van der Waals surface area contributed by atoms with E-state index in [0.717, 1.165) is 16.8 Å². The molecule has 0 aliphatic heterocycles. The number of amides is 2. The minimum atomic E-state index is -4.03. The zero-order chi connectivity index (χ0) is 24.1. The van der Waals surface area contributed by atoms with Crippen molar-refractivity contribution in [2.75, 3.05) is 0 Å². The Morgan fingerprint density at radius 2 is 1.62 bits per heavy atom. The van der Waals surface area contributed by atoms with Gasteiger partial charge in [0.15, 0.2) is 0 Å². The molecular weight excluding hydrogens is 448 g/mol. The molecule has 0 aliphatic rings. The van der Waals surface area contributed by atoms with Gasteiger partial charge in [-0.05, 0) is 49.6 Å². The summed E-state index contributed by atoms with van der Waals surface area (Å²) in [6.45, 7) is 3.70. The summed E-state index contributed by atoms with van der Waals surface area (Å²) < 4.78 is 29.7. The summed E-state index contributed by atoms with van der Waals surface area (Å²) in [5.41, 5.74) is 3.56. The van der Waals surface area contributed by atoms with Crippen LogP contribution in [0.25, 0.3) is 5.69 Å². The Bertz CT molecular complexity index is 1380. The minimum Gasteiger partial charge on any atom is -0.327 e. The SMILES string of the molecule is Cc1ccc(-n2ccnc2C(Cc2ccccc2)NC(=O)NS(=O)(=O)c2ccccc2C)cc1. The molecule has 0 radical (unpaired) electrons. The molecule has 0 fully saturated rings. The van der Waals surface area contributed by atoms with Crippen LogP contribution in [-0.4, -0.2) is 24.0 Å². The normalized spacial score (nSPS) is 12.2. The van der Waals surface area contributed by atoms with E-state index in [1.807, 2.05) is 72.3 Å². The van der Waals surface area contributed by atoms with Gasteiger partial charge < -0.3 is 9.88 Å². The monoisotopic (exact) mass is 474 g/mol. The second kappa shape index (κ2) is 9.93. The van der Waals surface area contributed by atoms with Crippen LogP contribution in [0, 0.1) is 13.8 Å². The van der Waals surface area contributed by atoms with E-state index in [0.29, 0.717) is 17.8 Å². The number of rotatable bonds is 7. The first-order valence-corrected chi connectivity index (χ1v) is 12.3. The fraction of sp³-hybridized carbons (Fsp3) is 0.154. The van der Waals surface area contributed by atoms with E-state index >= 15 is 0 Å². The van der Waals surface area contributed by atoms with Crippen molar-refractivity contribution in [2.45, 2.75) is 31.2 Å². The van der Waals surface area contributed by atoms with Gasteiger partial charge in [0.1, 0.15) is 5.82 Å². The zero-order valence-corrected chi connectivity index (χ0v) is 19.8. The van der Waals surface area contributed by atoms with E-state index in [2.05, 4.69) is 15.0 Å². The van der Waals surface area contributed by atoms with Gasteiger partial charge in [0, 0.05) is 18.1 Å². The van der Waals surface area contributed by atoms with Crippen molar-refractivity contribution in [3.8, 4) is 5.69 Å². The number of carbonyl (C=O) groups is 1. The summed E-state index contributed by atoms with van der Waals surface area (Å²) in [6.07, 6.45) is 3.92. The van der Waals surface area contributed by atoms with Crippen molar-refractivity contribution in [2.24, 2.45) is 0 Å². The maximum absolute atomic E-state index is 12.9. The molecule has 1 unspecified atom stereocenters. The molecule has 174 valence electrons. The Morgan fingerprint density at radius 3 is 2.32 bits per heavy atom. The van der Waals surface area contributed by atoms with E-state index in [-0.39, 0.29) is 4.90 Å². The van der Waals surface area contributed by atoms with Gasteiger partial charge in [-0.2, -0.15) is 0 Å². The van der Waals surface area contributed by atoms with Gasteiger partial charge in [-0.25, -0.2) is 22.9 Å². The lowest BCUT2D eigenvalue weighted by atomic mass is 10.1. The molecule has 1 aromatic heterocycles. The standard InChI is InChI=1S/C26H26N4O3S/c1-19-12-14-22(15-13-19)30-17-16-27-25(30)23(18-21-9-4-3-5-10-21)28-26(31)29-34(32,33)24-11-7-6-8-20(24)2/h3-17,23H,18H2,1-2H3,(H2,28,29,31). The van der Waals surface area contributed by atoms with E-state index in [1.165, 1.54) is 6.07 Å². The topological polar surface area (TPSA) is 93.1 Å². The number of urea groups is 1. The highest BCUT2D eigenvalue weighted by atomic mass is 32.2. The smallest absolute Gasteiger partial charge is 0.327 e. The molecule has 7 nitrogen and oxygen atoms in total. The molecule has 0 aliphatic carbocycles. The van der Waals surface area contributed by atoms with Crippen LogP contribution in [0.2, 0.25) is 0 Å². The Labute approximate surface area is 199 Å². The average molecular weight is 475 g/mol. The van der Waals surface area contributed by atoms with Gasteiger partial charge >= 0.3 is 6.03 Å². The van der Waals surface area contributed by atoms with E-state index in [4.69, 9.17) is 0 Å². The second-order valence-electron chi connectivity index (χ2n) is 8.08. The number of sulfonamides is 1. The molecule has 2 amide bonds. The van der Waals surface area contributed by atoms with Crippen molar-refractivity contribution >= 4 is 16.1 Å². The molecule has 4 aromatic rings. The predicted molar refractivity (Wildman–Crippen MR) is 131 cm³/mol. The third-order valence-electron chi connectivity index (χ3n) is 5.49. The maximum atomic E-state index is 12.9. The molecule has 34 heavy (non-hydrogen) atoms. The summed E-state index contributed by atoms with van der Waals surface area (Å²) in [5, 5.41) is 2.82. The Hall–Kier alpha value is -3.91. The van der Waals surface area contributed by atoms with Gasteiger partial charge in [0.05, 0.1) is 10.9 Å². The van der Waals surface area contributed by atoms with Crippen molar-refractivity contribution in [1.29, 1.82) is 0 Å². The Kier molecular flexibility index (Phi) is 6.79. The molecule has 0 saturated carbocycles.